The maximum atomic E-state index is 10.7. The van der Waals surface area contributed by atoms with Gasteiger partial charge in [-0.25, -0.2) is 0 Å². The van der Waals surface area contributed by atoms with Crippen molar-refractivity contribution in [2.75, 3.05) is 6.54 Å². The topological polar surface area (TPSA) is 89.8 Å². The zero-order chi connectivity index (χ0) is 13.0. The lowest BCUT2D eigenvalue weighted by molar-refractivity contribution is -0.119. The molecule has 1 aromatic carbocycles. The molecule has 0 aromatic heterocycles. The zero-order valence-corrected chi connectivity index (χ0v) is 9.98. The van der Waals surface area contributed by atoms with Gasteiger partial charge in [-0.2, -0.15) is 0 Å². The van der Waals surface area contributed by atoms with Crippen molar-refractivity contribution in [3.05, 3.63) is 28.8 Å². The average molecular weight is 260 g/mol. The van der Waals surface area contributed by atoms with Gasteiger partial charge in [0.15, 0.2) is 0 Å². The number of aromatic hydroxyl groups is 1. The maximum absolute atomic E-state index is 10.7. The molecule has 0 aliphatic rings. The first kappa shape index (κ1) is 13.8. The molecule has 0 bridgehead atoms. The molecule has 0 saturated carbocycles. The van der Waals surface area contributed by atoms with Crippen LogP contribution in [-0.2, 0) is 4.79 Å². The van der Waals surface area contributed by atoms with Crippen LogP contribution in [0, 0.1) is 0 Å². The summed E-state index contributed by atoms with van der Waals surface area (Å²) in [5.74, 6) is -0.400. The van der Waals surface area contributed by atoms with E-state index in [0.29, 0.717) is 0 Å². The molecule has 1 amide bonds. The van der Waals surface area contributed by atoms with Crippen LogP contribution in [-0.4, -0.2) is 33.9 Å². The van der Waals surface area contributed by atoms with E-state index in [1.54, 1.807) is 0 Å². The number of rotatable bonds is 4. The van der Waals surface area contributed by atoms with Crippen molar-refractivity contribution in [3.8, 4) is 5.75 Å². The largest absolute Gasteiger partial charge is 0.508 e. The molecular weight excluding hydrogens is 246 g/mol. The quantitative estimate of drug-likeness (QED) is 0.637. The molecule has 0 aliphatic heterocycles. The van der Waals surface area contributed by atoms with Crippen molar-refractivity contribution >= 4 is 17.5 Å². The van der Waals surface area contributed by atoms with E-state index in [0.717, 1.165) is 0 Å². The van der Waals surface area contributed by atoms with Crippen molar-refractivity contribution < 1.29 is 20.1 Å². The van der Waals surface area contributed by atoms with Crippen LogP contribution >= 0.6 is 11.6 Å². The minimum Gasteiger partial charge on any atom is -0.508 e. The van der Waals surface area contributed by atoms with Crippen molar-refractivity contribution in [2.24, 2.45) is 0 Å². The highest BCUT2D eigenvalue weighted by Crippen LogP contribution is 2.25. The Morgan fingerprint density at radius 3 is 2.59 bits per heavy atom. The third-order valence-electron chi connectivity index (χ3n) is 2.17. The van der Waals surface area contributed by atoms with Crippen LogP contribution in [0.4, 0.5) is 0 Å². The molecule has 0 heterocycles. The smallest absolute Gasteiger partial charge is 0.216 e. The Bertz CT molecular complexity index is 390. The summed E-state index contributed by atoms with van der Waals surface area (Å²) < 4.78 is 0. The molecule has 6 heteroatoms. The lowest BCUT2D eigenvalue weighted by Crippen LogP contribution is -2.34. The number of phenolic OH excluding ortho intramolecular Hbond substituents is 1. The fourth-order valence-electron chi connectivity index (χ4n) is 1.35. The summed E-state index contributed by atoms with van der Waals surface area (Å²) in [6, 6.07) is 4.05. The molecule has 4 N–H and O–H groups in total. The van der Waals surface area contributed by atoms with Gasteiger partial charge in [0.25, 0.3) is 0 Å². The third-order valence-corrected chi connectivity index (χ3v) is 2.39. The van der Waals surface area contributed by atoms with Crippen molar-refractivity contribution in [2.45, 2.75) is 19.1 Å². The van der Waals surface area contributed by atoms with E-state index >= 15 is 0 Å². The second kappa shape index (κ2) is 5.86. The number of carbonyl (C=O) groups is 1. The number of hydrogen-bond acceptors (Lipinski definition) is 4. The monoisotopic (exact) mass is 259 g/mol. The number of phenols is 1. The van der Waals surface area contributed by atoms with Gasteiger partial charge in [-0.3, -0.25) is 4.79 Å². The van der Waals surface area contributed by atoms with E-state index in [1.807, 2.05) is 0 Å². The molecule has 0 aliphatic carbocycles. The average Bonchev–Trinajstić information content (AvgIpc) is 2.23. The normalized spacial score (nSPS) is 14.1. The molecule has 0 spiro atoms. The second-order valence-electron chi connectivity index (χ2n) is 3.69. The molecule has 2 unspecified atom stereocenters. The number of aliphatic hydroxyl groups is 2. The first-order valence-corrected chi connectivity index (χ1v) is 5.38. The molecule has 2 atom stereocenters. The summed E-state index contributed by atoms with van der Waals surface area (Å²) >= 11 is 5.70. The lowest BCUT2D eigenvalue weighted by atomic mass is 10.0. The van der Waals surface area contributed by atoms with E-state index < -0.39 is 12.2 Å². The SMILES string of the molecule is CC(=O)NCC(O)C(O)c1cc(O)cc(Cl)c1. The molecule has 1 rings (SSSR count). The molecule has 0 radical (unpaired) electrons. The Hall–Kier alpha value is -1.30. The minimum absolute atomic E-state index is 0.0796. The highest BCUT2D eigenvalue weighted by molar-refractivity contribution is 6.30. The molecule has 5 nitrogen and oxygen atoms in total. The standard InChI is InChI=1S/C11H14ClNO4/c1-6(14)13-5-10(16)11(17)7-2-8(12)4-9(15)3-7/h2-4,10-11,15-17H,5H2,1H3,(H,13,14). The van der Waals surface area contributed by atoms with E-state index in [9.17, 15) is 20.1 Å². The molecule has 1 aromatic rings. The van der Waals surface area contributed by atoms with E-state index in [1.165, 1.54) is 25.1 Å². The third kappa shape index (κ3) is 4.22. The van der Waals surface area contributed by atoms with Gasteiger partial charge in [0, 0.05) is 18.5 Å². The van der Waals surface area contributed by atoms with Crippen LogP contribution in [0.5, 0.6) is 5.75 Å². The predicted molar refractivity (Wildman–Crippen MR) is 62.8 cm³/mol. The van der Waals surface area contributed by atoms with Gasteiger partial charge in [0.1, 0.15) is 18.0 Å². The Labute approximate surface area is 104 Å². The van der Waals surface area contributed by atoms with Crippen molar-refractivity contribution in [3.63, 3.8) is 0 Å². The summed E-state index contributed by atoms with van der Waals surface area (Å²) in [7, 11) is 0. The Morgan fingerprint density at radius 2 is 2.06 bits per heavy atom. The van der Waals surface area contributed by atoms with Gasteiger partial charge < -0.3 is 20.6 Å². The molecule has 0 fully saturated rings. The fourth-order valence-corrected chi connectivity index (χ4v) is 1.59. The number of aliphatic hydroxyl groups excluding tert-OH is 2. The van der Waals surface area contributed by atoms with Crippen LogP contribution in [0.1, 0.15) is 18.6 Å². The number of hydrogen-bond donors (Lipinski definition) is 4. The van der Waals surface area contributed by atoms with E-state index in [4.69, 9.17) is 11.6 Å². The second-order valence-corrected chi connectivity index (χ2v) is 4.13. The van der Waals surface area contributed by atoms with Crippen LogP contribution in [0.2, 0.25) is 5.02 Å². The summed E-state index contributed by atoms with van der Waals surface area (Å²) in [5.41, 5.74) is 0.285. The van der Waals surface area contributed by atoms with Crippen LogP contribution < -0.4 is 5.32 Å². The van der Waals surface area contributed by atoms with Gasteiger partial charge in [-0.05, 0) is 23.8 Å². The zero-order valence-electron chi connectivity index (χ0n) is 9.22. The highest BCUT2D eigenvalue weighted by atomic mass is 35.5. The van der Waals surface area contributed by atoms with Crippen molar-refractivity contribution in [1.82, 2.24) is 5.32 Å². The minimum atomic E-state index is -1.23. The molecule has 0 saturated heterocycles. The molecular formula is C11H14ClNO4. The maximum Gasteiger partial charge on any atom is 0.216 e. The van der Waals surface area contributed by atoms with Crippen molar-refractivity contribution in [1.29, 1.82) is 0 Å². The number of amides is 1. The molecule has 17 heavy (non-hydrogen) atoms. The summed E-state index contributed by atoms with van der Waals surface area (Å²) in [5, 5.41) is 31.3. The van der Waals surface area contributed by atoms with E-state index in [2.05, 4.69) is 5.32 Å². The van der Waals surface area contributed by atoms with Gasteiger partial charge in [0.2, 0.25) is 5.91 Å². The van der Waals surface area contributed by atoms with Crippen LogP contribution in [0.15, 0.2) is 18.2 Å². The van der Waals surface area contributed by atoms with Crippen LogP contribution in [0.3, 0.4) is 0 Å². The highest BCUT2D eigenvalue weighted by Gasteiger charge is 2.19. The number of nitrogens with one attached hydrogen (secondary N) is 1. The van der Waals surface area contributed by atoms with Gasteiger partial charge in [0.05, 0.1) is 0 Å². The lowest BCUT2D eigenvalue weighted by Gasteiger charge is -2.18. The number of carbonyl (C=O) groups excluding carboxylic acids is 1. The van der Waals surface area contributed by atoms with E-state index in [-0.39, 0.29) is 28.8 Å². The fraction of sp³-hybridized carbons (Fsp3) is 0.364. The Kier molecular flexibility index (Phi) is 4.74. The van der Waals surface area contributed by atoms with Gasteiger partial charge in [-0.15, -0.1) is 0 Å². The number of halogens is 1. The summed E-state index contributed by atoms with van der Waals surface area (Å²) in [6.45, 7) is 1.23. The van der Waals surface area contributed by atoms with Gasteiger partial charge >= 0.3 is 0 Å². The first-order chi connectivity index (χ1) is 7.90. The number of benzene rings is 1. The Morgan fingerprint density at radius 1 is 1.41 bits per heavy atom. The van der Waals surface area contributed by atoms with Crippen LogP contribution in [0.25, 0.3) is 0 Å². The summed E-state index contributed by atoms with van der Waals surface area (Å²) in [6.07, 6.45) is -2.40. The first-order valence-electron chi connectivity index (χ1n) is 5.00. The molecule has 94 valence electrons. The predicted octanol–water partition coefficient (Wildman–Crippen LogP) is 0.576. The summed E-state index contributed by atoms with van der Waals surface area (Å²) in [4.78, 5) is 10.7. The van der Waals surface area contributed by atoms with Gasteiger partial charge in [-0.1, -0.05) is 11.6 Å². The Balaban J connectivity index is 2.73.